The van der Waals surface area contributed by atoms with E-state index in [9.17, 15) is 14.7 Å². The third-order valence-corrected chi connectivity index (χ3v) is 5.51. The summed E-state index contributed by atoms with van der Waals surface area (Å²) < 4.78 is 1.61. The van der Waals surface area contributed by atoms with Gasteiger partial charge in [0.2, 0.25) is 0 Å². The summed E-state index contributed by atoms with van der Waals surface area (Å²) in [6.45, 7) is 4.22. The van der Waals surface area contributed by atoms with Crippen LogP contribution in [-0.4, -0.2) is 26.8 Å². The van der Waals surface area contributed by atoms with E-state index >= 15 is 0 Å². The van der Waals surface area contributed by atoms with E-state index in [1.807, 2.05) is 24.3 Å². The Morgan fingerprint density at radius 2 is 1.87 bits per heavy atom. The van der Waals surface area contributed by atoms with E-state index < -0.39 is 17.9 Å². The van der Waals surface area contributed by atoms with E-state index in [-0.39, 0.29) is 11.3 Å². The first-order chi connectivity index (χ1) is 14.8. The molecule has 2 heterocycles. The Morgan fingerprint density at radius 1 is 1.16 bits per heavy atom. The molecule has 3 aromatic rings. The Labute approximate surface area is 184 Å². The number of allylic oxidation sites excluding steroid dienone is 1. The van der Waals surface area contributed by atoms with Gasteiger partial charge in [0.05, 0.1) is 22.9 Å². The van der Waals surface area contributed by atoms with Crippen LogP contribution < -0.4 is 10.6 Å². The highest BCUT2D eigenvalue weighted by Crippen LogP contribution is 2.33. The summed E-state index contributed by atoms with van der Waals surface area (Å²) in [4.78, 5) is 24.7. The minimum absolute atomic E-state index is 0.0160. The third kappa shape index (κ3) is 4.04. The monoisotopic (exact) mass is 436 g/mol. The lowest BCUT2D eigenvalue weighted by atomic mass is 9.98. The van der Waals surface area contributed by atoms with E-state index in [1.165, 1.54) is 11.8 Å². The molecule has 4 rings (SSSR count). The Morgan fingerprint density at radius 3 is 2.52 bits per heavy atom. The average Bonchev–Trinajstić information content (AvgIpc) is 3.19. The number of anilines is 2. The molecule has 0 saturated heterocycles. The number of para-hydroxylation sites is 1. The fraction of sp³-hybridized carbons (Fsp3) is 0.174. The second-order valence-corrected chi connectivity index (χ2v) is 7.97. The van der Waals surface area contributed by atoms with Crippen LogP contribution in [0.3, 0.4) is 0 Å². The van der Waals surface area contributed by atoms with Gasteiger partial charge in [0.1, 0.15) is 17.1 Å². The van der Waals surface area contributed by atoms with Crippen LogP contribution in [-0.2, 0) is 4.79 Å². The van der Waals surface area contributed by atoms with Gasteiger partial charge in [0.15, 0.2) is 0 Å². The van der Waals surface area contributed by atoms with Gasteiger partial charge in [-0.25, -0.2) is 9.48 Å². The summed E-state index contributed by atoms with van der Waals surface area (Å²) >= 11 is 6.14. The number of amides is 1. The number of carbonyl (C=O) groups is 2. The van der Waals surface area contributed by atoms with Crippen molar-refractivity contribution in [1.82, 2.24) is 9.78 Å². The molecule has 0 bridgehead atoms. The highest BCUT2D eigenvalue weighted by Gasteiger charge is 2.29. The normalized spacial score (nSPS) is 15.1. The number of hydrogen-bond acceptors (Lipinski definition) is 4. The summed E-state index contributed by atoms with van der Waals surface area (Å²) in [5, 5.41) is 20.0. The first-order valence-corrected chi connectivity index (χ1v) is 10.2. The van der Waals surface area contributed by atoms with Crippen LogP contribution >= 0.6 is 11.6 Å². The lowest BCUT2D eigenvalue weighted by molar-refractivity contribution is -0.132. The second-order valence-electron chi connectivity index (χ2n) is 7.56. The standard InChI is InChI=1S/C23H21ClN4O3/c1-13(2)14-7-9-15(10-8-14)20-11-19(23(30)31)26-21-16(12-25-28(20)21)22(29)27-18-6-4-3-5-17(18)24/h3-13,20,26H,1-2H3,(H,27,29)(H,30,31). The lowest BCUT2D eigenvalue weighted by Gasteiger charge is -2.24. The van der Waals surface area contributed by atoms with Gasteiger partial charge in [-0.2, -0.15) is 5.10 Å². The largest absolute Gasteiger partial charge is 0.477 e. The molecule has 1 atom stereocenters. The fourth-order valence-electron chi connectivity index (χ4n) is 3.45. The van der Waals surface area contributed by atoms with Crippen LogP contribution in [0.1, 0.15) is 47.3 Å². The fourth-order valence-corrected chi connectivity index (χ4v) is 3.64. The van der Waals surface area contributed by atoms with Crippen molar-refractivity contribution in [3.05, 3.63) is 88.2 Å². The van der Waals surface area contributed by atoms with E-state index in [0.29, 0.717) is 22.4 Å². The molecule has 0 saturated carbocycles. The SMILES string of the molecule is CC(C)c1ccc(C2C=C(C(=O)O)Nc3c(C(=O)Nc4ccccc4Cl)cnn32)cc1. The van der Waals surface area contributed by atoms with Crippen molar-refractivity contribution in [2.45, 2.75) is 25.8 Å². The summed E-state index contributed by atoms with van der Waals surface area (Å²) in [5.74, 6) is -0.869. The predicted octanol–water partition coefficient (Wildman–Crippen LogP) is 4.90. The van der Waals surface area contributed by atoms with Crippen molar-refractivity contribution in [1.29, 1.82) is 0 Å². The quantitative estimate of drug-likeness (QED) is 0.528. The van der Waals surface area contributed by atoms with Crippen LogP contribution in [0.25, 0.3) is 0 Å². The molecule has 2 aromatic carbocycles. The Hall–Kier alpha value is -3.58. The maximum absolute atomic E-state index is 12.9. The molecule has 1 aromatic heterocycles. The Balaban J connectivity index is 1.71. The molecule has 7 nitrogen and oxygen atoms in total. The lowest BCUT2D eigenvalue weighted by Crippen LogP contribution is -2.25. The number of aliphatic carboxylic acids is 1. The number of carboxylic acids is 1. The number of halogens is 1. The number of carboxylic acid groups (broad SMARTS) is 1. The molecule has 1 aliphatic heterocycles. The number of hydrogen-bond donors (Lipinski definition) is 3. The molecule has 1 unspecified atom stereocenters. The molecule has 0 fully saturated rings. The van der Waals surface area contributed by atoms with E-state index in [1.54, 1.807) is 35.0 Å². The van der Waals surface area contributed by atoms with Crippen LogP contribution in [0.5, 0.6) is 0 Å². The van der Waals surface area contributed by atoms with E-state index in [2.05, 4.69) is 29.6 Å². The predicted molar refractivity (Wildman–Crippen MR) is 120 cm³/mol. The Bertz CT molecular complexity index is 1180. The second kappa shape index (κ2) is 8.28. The van der Waals surface area contributed by atoms with Gasteiger partial charge in [-0.05, 0) is 35.3 Å². The van der Waals surface area contributed by atoms with Crippen molar-refractivity contribution in [2.24, 2.45) is 0 Å². The molecule has 0 radical (unpaired) electrons. The first-order valence-electron chi connectivity index (χ1n) is 9.80. The smallest absolute Gasteiger partial charge is 0.352 e. The highest BCUT2D eigenvalue weighted by molar-refractivity contribution is 6.34. The number of nitrogens with one attached hydrogen (secondary N) is 2. The van der Waals surface area contributed by atoms with Crippen LogP contribution in [0, 0.1) is 0 Å². The zero-order valence-electron chi connectivity index (χ0n) is 17.0. The minimum atomic E-state index is -1.12. The van der Waals surface area contributed by atoms with Gasteiger partial charge in [0, 0.05) is 0 Å². The van der Waals surface area contributed by atoms with Gasteiger partial charge < -0.3 is 15.7 Å². The number of rotatable bonds is 5. The number of carbonyl (C=O) groups excluding carboxylic acids is 1. The maximum Gasteiger partial charge on any atom is 0.352 e. The van der Waals surface area contributed by atoms with Gasteiger partial charge in [-0.1, -0.05) is 61.8 Å². The summed E-state index contributed by atoms with van der Waals surface area (Å²) in [5.41, 5.74) is 2.71. The molecule has 1 amide bonds. The molecular weight excluding hydrogens is 416 g/mol. The highest BCUT2D eigenvalue weighted by atomic mass is 35.5. The summed E-state index contributed by atoms with van der Waals surface area (Å²) in [7, 11) is 0. The van der Waals surface area contributed by atoms with Gasteiger partial charge in [0.25, 0.3) is 5.91 Å². The number of fused-ring (bicyclic) bond motifs is 1. The Kier molecular flexibility index (Phi) is 5.52. The van der Waals surface area contributed by atoms with Crippen LogP contribution in [0.15, 0.2) is 66.5 Å². The zero-order valence-corrected chi connectivity index (χ0v) is 17.7. The zero-order chi connectivity index (χ0) is 22.1. The molecule has 3 N–H and O–H groups in total. The van der Waals surface area contributed by atoms with Crippen molar-refractivity contribution in [3.63, 3.8) is 0 Å². The molecule has 1 aliphatic rings. The van der Waals surface area contributed by atoms with Crippen molar-refractivity contribution in [2.75, 3.05) is 10.6 Å². The number of benzene rings is 2. The van der Waals surface area contributed by atoms with E-state index in [0.717, 1.165) is 5.56 Å². The summed E-state index contributed by atoms with van der Waals surface area (Å²) in [6, 6.07) is 14.4. The number of aromatic nitrogens is 2. The molecule has 0 spiro atoms. The third-order valence-electron chi connectivity index (χ3n) is 5.18. The molecule has 31 heavy (non-hydrogen) atoms. The van der Waals surface area contributed by atoms with Crippen molar-refractivity contribution in [3.8, 4) is 0 Å². The minimum Gasteiger partial charge on any atom is -0.477 e. The van der Waals surface area contributed by atoms with Crippen LogP contribution in [0.4, 0.5) is 11.5 Å². The van der Waals surface area contributed by atoms with E-state index in [4.69, 9.17) is 11.6 Å². The number of nitrogens with zero attached hydrogens (tertiary/aromatic N) is 2. The topological polar surface area (TPSA) is 96.2 Å². The van der Waals surface area contributed by atoms with Gasteiger partial charge in [-0.3, -0.25) is 4.79 Å². The molecular formula is C23H21ClN4O3. The molecule has 0 aliphatic carbocycles. The molecule has 8 heteroatoms. The maximum atomic E-state index is 12.9. The first kappa shape index (κ1) is 20.7. The average molecular weight is 437 g/mol. The van der Waals surface area contributed by atoms with Gasteiger partial charge in [-0.15, -0.1) is 0 Å². The van der Waals surface area contributed by atoms with Crippen LogP contribution in [0.2, 0.25) is 5.02 Å². The van der Waals surface area contributed by atoms with Crippen molar-refractivity contribution >= 4 is 35.0 Å². The molecule has 158 valence electrons. The summed E-state index contributed by atoms with van der Waals surface area (Å²) in [6.07, 6.45) is 3.01. The van der Waals surface area contributed by atoms with Crippen molar-refractivity contribution < 1.29 is 14.7 Å². The van der Waals surface area contributed by atoms with Gasteiger partial charge >= 0.3 is 5.97 Å².